The highest BCUT2D eigenvalue weighted by Crippen LogP contribution is 2.36. The summed E-state index contributed by atoms with van der Waals surface area (Å²) < 4.78 is 11.0. The molecule has 2 aromatic heterocycles. The van der Waals surface area contributed by atoms with E-state index in [1.807, 2.05) is 29.6 Å². The Morgan fingerprint density at radius 2 is 1.96 bits per heavy atom. The van der Waals surface area contributed by atoms with E-state index >= 15 is 0 Å². The van der Waals surface area contributed by atoms with Crippen molar-refractivity contribution in [2.24, 2.45) is 5.73 Å². The van der Waals surface area contributed by atoms with Crippen LogP contribution in [0.25, 0.3) is 22.2 Å². The van der Waals surface area contributed by atoms with Gasteiger partial charge in [0.2, 0.25) is 0 Å². The molecule has 136 valence electrons. The lowest BCUT2D eigenvalue weighted by Crippen LogP contribution is -2.34. The molecule has 26 heavy (non-hydrogen) atoms. The minimum atomic E-state index is -0.449. The molecule has 7 heteroatoms. The molecule has 0 unspecified atom stereocenters. The Hall–Kier alpha value is -2.25. The van der Waals surface area contributed by atoms with Gasteiger partial charge in [-0.25, -0.2) is 4.98 Å². The molecule has 1 fully saturated rings. The standard InChI is InChI=1S/C19H22N4O2S/c1-2-11-24-14-7-5-13(6-8-14)17-21-15(12-26-17)16-22-18(23-25-16)19(20)9-3-4-10-19/h5-8,12H,2-4,9-11,20H2,1H3. The normalized spacial score (nSPS) is 16.1. The summed E-state index contributed by atoms with van der Waals surface area (Å²) >= 11 is 1.55. The van der Waals surface area contributed by atoms with E-state index in [9.17, 15) is 0 Å². The van der Waals surface area contributed by atoms with Gasteiger partial charge in [-0.2, -0.15) is 4.98 Å². The maximum Gasteiger partial charge on any atom is 0.277 e. The fourth-order valence-corrected chi connectivity index (χ4v) is 3.98. The van der Waals surface area contributed by atoms with Crippen molar-refractivity contribution in [3.8, 4) is 27.9 Å². The van der Waals surface area contributed by atoms with Gasteiger partial charge in [0.25, 0.3) is 5.89 Å². The molecule has 0 saturated heterocycles. The van der Waals surface area contributed by atoms with Gasteiger partial charge in [-0.3, -0.25) is 0 Å². The molecule has 0 spiro atoms. The second-order valence-electron chi connectivity index (χ2n) is 6.70. The lowest BCUT2D eigenvalue weighted by atomic mass is 9.99. The number of aromatic nitrogens is 3. The molecule has 1 aliphatic rings. The van der Waals surface area contributed by atoms with Gasteiger partial charge in [0.05, 0.1) is 12.1 Å². The molecule has 1 saturated carbocycles. The van der Waals surface area contributed by atoms with E-state index in [-0.39, 0.29) is 0 Å². The zero-order valence-corrected chi connectivity index (χ0v) is 15.6. The number of hydrogen-bond acceptors (Lipinski definition) is 7. The maximum atomic E-state index is 6.40. The first-order valence-electron chi connectivity index (χ1n) is 9.00. The van der Waals surface area contributed by atoms with Crippen LogP contribution in [0.15, 0.2) is 34.2 Å². The number of thiazole rings is 1. The zero-order chi connectivity index (χ0) is 18.0. The summed E-state index contributed by atoms with van der Waals surface area (Å²) in [5, 5.41) is 6.95. The Morgan fingerprint density at radius 3 is 2.69 bits per heavy atom. The average molecular weight is 370 g/mol. The number of benzene rings is 1. The van der Waals surface area contributed by atoms with Crippen molar-refractivity contribution in [1.29, 1.82) is 0 Å². The Balaban J connectivity index is 1.52. The van der Waals surface area contributed by atoms with Gasteiger partial charge >= 0.3 is 0 Å². The van der Waals surface area contributed by atoms with E-state index in [1.165, 1.54) is 0 Å². The monoisotopic (exact) mass is 370 g/mol. The van der Waals surface area contributed by atoms with Crippen molar-refractivity contribution in [3.05, 3.63) is 35.5 Å². The van der Waals surface area contributed by atoms with Crippen molar-refractivity contribution >= 4 is 11.3 Å². The molecule has 0 amide bonds. The molecule has 6 nitrogen and oxygen atoms in total. The zero-order valence-electron chi connectivity index (χ0n) is 14.8. The van der Waals surface area contributed by atoms with E-state index in [4.69, 9.17) is 15.0 Å². The number of hydrogen-bond donors (Lipinski definition) is 1. The quantitative estimate of drug-likeness (QED) is 0.693. The SMILES string of the molecule is CCCOc1ccc(-c2nc(-c3nc(C4(N)CCCC4)no3)cs2)cc1. The van der Waals surface area contributed by atoms with E-state index in [2.05, 4.69) is 22.0 Å². The third-order valence-electron chi connectivity index (χ3n) is 4.66. The second kappa shape index (κ2) is 7.17. The second-order valence-corrected chi connectivity index (χ2v) is 7.56. The summed E-state index contributed by atoms with van der Waals surface area (Å²) in [7, 11) is 0. The number of rotatable bonds is 6. The molecular formula is C19H22N4O2S. The molecule has 2 N–H and O–H groups in total. The summed E-state index contributed by atoms with van der Waals surface area (Å²) in [5.74, 6) is 1.90. The fourth-order valence-electron chi connectivity index (χ4n) is 3.18. The predicted octanol–water partition coefficient (Wildman–Crippen LogP) is 4.38. The third-order valence-corrected chi connectivity index (χ3v) is 5.56. The minimum Gasteiger partial charge on any atom is -0.494 e. The smallest absolute Gasteiger partial charge is 0.277 e. The molecule has 1 aliphatic carbocycles. The fraction of sp³-hybridized carbons (Fsp3) is 0.421. The molecular weight excluding hydrogens is 348 g/mol. The highest BCUT2D eigenvalue weighted by Gasteiger charge is 2.36. The van der Waals surface area contributed by atoms with E-state index < -0.39 is 5.54 Å². The summed E-state index contributed by atoms with van der Waals surface area (Å²) in [6.07, 6.45) is 5.02. The van der Waals surface area contributed by atoms with E-state index in [1.54, 1.807) is 11.3 Å². The van der Waals surface area contributed by atoms with Crippen molar-refractivity contribution in [2.75, 3.05) is 6.61 Å². The van der Waals surface area contributed by atoms with Crippen LogP contribution in [0.5, 0.6) is 5.75 Å². The highest BCUT2D eigenvalue weighted by molar-refractivity contribution is 7.13. The lowest BCUT2D eigenvalue weighted by molar-refractivity contribution is 0.317. The Bertz CT molecular complexity index is 866. The maximum absolute atomic E-state index is 6.40. The van der Waals surface area contributed by atoms with E-state index in [0.29, 0.717) is 17.4 Å². The first kappa shape index (κ1) is 17.2. The van der Waals surface area contributed by atoms with Gasteiger partial charge in [0.1, 0.15) is 16.5 Å². The molecule has 0 bridgehead atoms. The number of nitrogens with two attached hydrogens (primary N) is 1. The molecule has 4 rings (SSSR count). The Labute approximate surface area is 156 Å². The van der Waals surface area contributed by atoms with Crippen LogP contribution >= 0.6 is 11.3 Å². The summed E-state index contributed by atoms with van der Waals surface area (Å²) in [5.41, 5.74) is 7.68. The molecule has 1 aromatic carbocycles. The van der Waals surface area contributed by atoms with Gasteiger partial charge in [0.15, 0.2) is 5.82 Å². The van der Waals surface area contributed by atoms with Crippen LogP contribution in [0.1, 0.15) is 44.9 Å². The predicted molar refractivity (Wildman–Crippen MR) is 101 cm³/mol. The molecule has 0 radical (unpaired) electrons. The third kappa shape index (κ3) is 3.37. The van der Waals surface area contributed by atoms with Gasteiger partial charge in [0, 0.05) is 10.9 Å². The van der Waals surface area contributed by atoms with Crippen molar-refractivity contribution in [1.82, 2.24) is 15.1 Å². The number of ether oxygens (including phenoxy) is 1. The molecule has 0 atom stereocenters. The Kier molecular flexibility index (Phi) is 4.74. The lowest BCUT2D eigenvalue weighted by Gasteiger charge is -2.17. The first-order valence-corrected chi connectivity index (χ1v) is 9.88. The van der Waals surface area contributed by atoms with Crippen molar-refractivity contribution in [2.45, 2.75) is 44.6 Å². The first-order chi connectivity index (χ1) is 12.7. The van der Waals surface area contributed by atoms with Crippen LogP contribution in [-0.4, -0.2) is 21.7 Å². The van der Waals surface area contributed by atoms with Gasteiger partial charge in [-0.15, -0.1) is 11.3 Å². The largest absolute Gasteiger partial charge is 0.494 e. The Morgan fingerprint density at radius 1 is 1.19 bits per heavy atom. The van der Waals surface area contributed by atoms with E-state index in [0.717, 1.165) is 55.0 Å². The summed E-state index contributed by atoms with van der Waals surface area (Å²) in [6, 6.07) is 7.96. The number of nitrogens with zero attached hydrogens (tertiary/aromatic N) is 3. The average Bonchev–Trinajstić information content (AvgIpc) is 3.40. The van der Waals surface area contributed by atoms with Gasteiger partial charge in [-0.1, -0.05) is 24.9 Å². The van der Waals surface area contributed by atoms with Crippen LogP contribution in [-0.2, 0) is 5.54 Å². The summed E-state index contributed by atoms with van der Waals surface area (Å²) in [4.78, 5) is 9.16. The van der Waals surface area contributed by atoms with Crippen LogP contribution < -0.4 is 10.5 Å². The highest BCUT2D eigenvalue weighted by atomic mass is 32.1. The van der Waals surface area contributed by atoms with Gasteiger partial charge < -0.3 is 15.0 Å². The topological polar surface area (TPSA) is 87.1 Å². The van der Waals surface area contributed by atoms with Crippen LogP contribution in [0, 0.1) is 0 Å². The molecule has 2 heterocycles. The van der Waals surface area contributed by atoms with Crippen LogP contribution in [0.3, 0.4) is 0 Å². The molecule has 3 aromatic rings. The molecule has 0 aliphatic heterocycles. The minimum absolute atomic E-state index is 0.433. The van der Waals surface area contributed by atoms with Crippen molar-refractivity contribution < 1.29 is 9.26 Å². The van der Waals surface area contributed by atoms with Crippen LogP contribution in [0.2, 0.25) is 0 Å². The van der Waals surface area contributed by atoms with Crippen molar-refractivity contribution in [3.63, 3.8) is 0 Å². The summed E-state index contributed by atoms with van der Waals surface area (Å²) in [6.45, 7) is 2.82. The van der Waals surface area contributed by atoms with Crippen LogP contribution in [0.4, 0.5) is 0 Å². The van der Waals surface area contributed by atoms with Gasteiger partial charge in [-0.05, 0) is 43.5 Å².